The maximum atomic E-state index is 12.6. The lowest BCUT2D eigenvalue weighted by Crippen LogP contribution is -2.36. The summed E-state index contributed by atoms with van der Waals surface area (Å²) in [5.74, 6) is 0.768. The van der Waals surface area contributed by atoms with Crippen LogP contribution in [0.1, 0.15) is 23.2 Å². The van der Waals surface area contributed by atoms with E-state index in [0.717, 1.165) is 18.6 Å². The Kier molecular flexibility index (Phi) is 3.72. The van der Waals surface area contributed by atoms with Crippen molar-refractivity contribution in [1.82, 2.24) is 19.7 Å². The molecule has 24 heavy (non-hydrogen) atoms. The predicted molar refractivity (Wildman–Crippen MR) is 85.7 cm³/mol. The second kappa shape index (κ2) is 5.90. The first kappa shape index (κ1) is 15.1. The highest BCUT2D eigenvalue weighted by molar-refractivity contribution is 5.94. The highest BCUT2D eigenvalue weighted by Crippen LogP contribution is 2.37. The van der Waals surface area contributed by atoms with Crippen molar-refractivity contribution in [2.75, 3.05) is 19.7 Å². The summed E-state index contributed by atoms with van der Waals surface area (Å²) in [4.78, 5) is 18.5. The van der Waals surface area contributed by atoms with Gasteiger partial charge in [-0.1, -0.05) is 0 Å². The van der Waals surface area contributed by atoms with Crippen molar-refractivity contribution in [3.63, 3.8) is 0 Å². The molecule has 1 spiro atoms. The lowest BCUT2D eigenvalue weighted by Gasteiger charge is -2.23. The smallest absolute Gasteiger partial charge is 0.257 e. The minimum Gasteiger partial charge on any atom is -0.486 e. The van der Waals surface area contributed by atoms with Gasteiger partial charge < -0.3 is 14.4 Å². The number of aryl methyl sites for hydroxylation is 1. The molecule has 2 atom stereocenters. The first-order valence-corrected chi connectivity index (χ1v) is 8.12. The Morgan fingerprint density at radius 3 is 3.12 bits per heavy atom. The molecule has 2 aliphatic rings. The van der Waals surface area contributed by atoms with Gasteiger partial charge in [0, 0.05) is 32.4 Å². The number of carbonyl (C=O) groups is 1. The molecule has 2 aliphatic heterocycles. The van der Waals surface area contributed by atoms with Gasteiger partial charge in [0.1, 0.15) is 11.9 Å². The summed E-state index contributed by atoms with van der Waals surface area (Å²) in [5.41, 5.74) is 0.334. The topological polar surface area (TPSA) is 69.5 Å². The summed E-state index contributed by atoms with van der Waals surface area (Å²) in [6.45, 7) is 1.85. The van der Waals surface area contributed by atoms with E-state index in [1.807, 2.05) is 24.1 Å². The molecule has 2 fully saturated rings. The first-order chi connectivity index (χ1) is 11.6. The van der Waals surface area contributed by atoms with Gasteiger partial charge in [-0.15, -0.1) is 0 Å². The van der Waals surface area contributed by atoms with E-state index < -0.39 is 0 Å². The fourth-order valence-electron chi connectivity index (χ4n) is 3.50. The normalized spacial score (nSPS) is 26.2. The first-order valence-electron chi connectivity index (χ1n) is 8.12. The molecule has 1 amide bonds. The maximum Gasteiger partial charge on any atom is 0.257 e. The molecule has 4 heterocycles. The molecule has 7 heteroatoms. The number of carbonyl (C=O) groups excluding carboxylic acids is 1. The van der Waals surface area contributed by atoms with E-state index in [1.165, 1.54) is 0 Å². The van der Waals surface area contributed by atoms with Crippen LogP contribution in [0.3, 0.4) is 0 Å². The van der Waals surface area contributed by atoms with Gasteiger partial charge in [0.15, 0.2) is 0 Å². The van der Waals surface area contributed by atoms with Crippen LogP contribution >= 0.6 is 0 Å². The zero-order valence-electron chi connectivity index (χ0n) is 13.6. The molecule has 0 radical (unpaired) electrons. The number of rotatable bonds is 3. The van der Waals surface area contributed by atoms with E-state index >= 15 is 0 Å². The number of aromatic nitrogens is 3. The van der Waals surface area contributed by atoms with Crippen LogP contribution in [0.4, 0.5) is 0 Å². The standard InChI is InChI=1S/C17H20N4O3/c1-20-10-13(8-19-20)16(22)21-6-4-17(12-21)7-15(11-23-17)24-14-3-2-5-18-9-14/h2-3,5,8-10,15H,4,6-7,11-12H2,1H3/t15-,17-/m0/s1. The van der Waals surface area contributed by atoms with Crippen molar-refractivity contribution in [3.05, 3.63) is 42.5 Å². The van der Waals surface area contributed by atoms with Crippen LogP contribution < -0.4 is 4.74 Å². The molecule has 0 aliphatic carbocycles. The molecule has 2 aromatic rings. The van der Waals surface area contributed by atoms with Crippen LogP contribution in [0.2, 0.25) is 0 Å². The second-order valence-corrected chi connectivity index (χ2v) is 6.51. The predicted octanol–water partition coefficient (Wildman–Crippen LogP) is 1.27. The third kappa shape index (κ3) is 2.87. The molecule has 0 saturated carbocycles. The Morgan fingerprint density at radius 1 is 1.46 bits per heavy atom. The maximum absolute atomic E-state index is 12.6. The van der Waals surface area contributed by atoms with Crippen molar-refractivity contribution in [1.29, 1.82) is 0 Å². The lowest BCUT2D eigenvalue weighted by atomic mass is 9.98. The van der Waals surface area contributed by atoms with Crippen LogP contribution in [0.5, 0.6) is 5.75 Å². The van der Waals surface area contributed by atoms with Crippen LogP contribution in [0.15, 0.2) is 36.9 Å². The average Bonchev–Trinajstić information content (AvgIpc) is 3.30. The number of amides is 1. The van der Waals surface area contributed by atoms with Gasteiger partial charge in [0.2, 0.25) is 0 Å². The number of hydrogen-bond acceptors (Lipinski definition) is 5. The molecule has 0 N–H and O–H groups in total. The third-order valence-corrected chi connectivity index (χ3v) is 4.67. The van der Waals surface area contributed by atoms with Crippen LogP contribution in [0, 0.1) is 0 Å². The fourth-order valence-corrected chi connectivity index (χ4v) is 3.50. The molecular formula is C17H20N4O3. The Balaban J connectivity index is 1.38. The Morgan fingerprint density at radius 2 is 2.38 bits per heavy atom. The summed E-state index contributed by atoms with van der Waals surface area (Å²) < 4.78 is 13.6. The monoisotopic (exact) mass is 328 g/mol. The van der Waals surface area contributed by atoms with E-state index in [2.05, 4.69) is 10.1 Å². The molecule has 0 unspecified atom stereocenters. The summed E-state index contributed by atoms with van der Waals surface area (Å²) in [6.07, 6.45) is 8.41. The Hall–Kier alpha value is -2.41. The van der Waals surface area contributed by atoms with Gasteiger partial charge in [0.25, 0.3) is 5.91 Å². The van der Waals surface area contributed by atoms with Gasteiger partial charge in [-0.2, -0.15) is 5.10 Å². The number of pyridine rings is 1. The summed E-state index contributed by atoms with van der Waals surface area (Å²) in [7, 11) is 1.81. The number of hydrogen-bond donors (Lipinski definition) is 0. The highest BCUT2D eigenvalue weighted by Gasteiger charge is 2.47. The molecule has 0 bridgehead atoms. The van der Waals surface area contributed by atoms with Crippen LogP contribution in [-0.4, -0.2) is 57.0 Å². The van der Waals surface area contributed by atoms with E-state index in [1.54, 1.807) is 29.5 Å². The molecule has 7 nitrogen and oxygen atoms in total. The summed E-state index contributed by atoms with van der Waals surface area (Å²) >= 11 is 0. The summed E-state index contributed by atoms with van der Waals surface area (Å²) in [5, 5.41) is 4.07. The minimum absolute atomic E-state index is 0.00245. The third-order valence-electron chi connectivity index (χ3n) is 4.67. The van der Waals surface area contributed by atoms with E-state index in [-0.39, 0.29) is 17.6 Å². The van der Waals surface area contributed by atoms with Gasteiger partial charge in [-0.25, -0.2) is 0 Å². The van der Waals surface area contributed by atoms with Gasteiger partial charge >= 0.3 is 0 Å². The Labute approximate surface area is 140 Å². The molecule has 126 valence electrons. The SMILES string of the molecule is Cn1cc(C(=O)N2CC[C@]3(C[C@H](Oc4cccnc4)CO3)C2)cn1. The Bertz CT molecular complexity index is 732. The molecule has 0 aromatic carbocycles. The number of nitrogens with zero attached hydrogens (tertiary/aromatic N) is 4. The van der Waals surface area contributed by atoms with Crippen molar-refractivity contribution in [3.8, 4) is 5.75 Å². The minimum atomic E-state index is -0.287. The van der Waals surface area contributed by atoms with Crippen molar-refractivity contribution < 1.29 is 14.3 Å². The van der Waals surface area contributed by atoms with Crippen molar-refractivity contribution in [2.24, 2.45) is 7.05 Å². The van der Waals surface area contributed by atoms with Crippen molar-refractivity contribution >= 4 is 5.91 Å². The fraction of sp³-hybridized carbons (Fsp3) is 0.471. The highest BCUT2D eigenvalue weighted by atomic mass is 16.6. The molecule has 4 rings (SSSR count). The largest absolute Gasteiger partial charge is 0.486 e. The van der Waals surface area contributed by atoms with Gasteiger partial charge in [-0.05, 0) is 18.6 Å². The quantitative estimate of drug-likeness (QED) is 0.849. The van der Waals surface area contributed by atoms with Gasteiger partial charge in [0.05, 0.1) is 36.7 Å². The molecule has 2 saturated heterocycles. The second-order valence-electron chi connectivity index (χ2n) is 6.51. The van der Waals surface area contributed by atoms with Gasteiger partial charge in [-0.3, -0.25) is 14.5 Å². The number of likely N-dealkylation sites (tertiary alicyclic amines) is 1. The molecule has 2 aromatic heterocycles. The van der Waals surface area contributed by atoms with Crippen LogP contribution in [0.25, 0.3) is 0 Å². The van der Waals surface area contributed by atoms with E-state index in [9.17, 15) is 4.79 Å². The van der Waals surface area contributed by atoms with Crippen LogP contribution in [-0.2, 0) is 11.8 Å². The van der Waals surface area contributed by atoms with E-state index in [0.29, 0.717) is 25.3 Å². The molecular weight excluding hydrogens is 308 g/mol. The van der Waals surface area contributed by atoms with E-state index in [4.69, 9.17) is 9.47 Å². The summed E-state index contributed by atoms with van der Waals surface area (Å²) in [6, 6.07) is 3.75. The van der Waals surface area contributed by atoms with Crippen molar-refractivity contribution in [2.45, 2.75) is 24.5 Å². The average molecular weight is 328 g/mol. The number of ether oxygens (including phenoxy) is 2. The zero-order valence-corrected chi connectivity index (χ0v) is 13.6. The lowest BCUT2D eigenvalue weighted by molar-refractivity contribution is 0.00995. The zero-order chi connectivity index (χ0) is 16.6.